The van der Waals surface area contributed by atoms with Crippen LogP contribution in [0.15, 0.2) is 24.3 Å². The average molecular weight is 323 g/mol. The smallest absolute Gasteiger partial charge is 0.311 e. The SMILES string of the molecule is O=C(COc1ccc(F)cc1)N1C[C@@H]2COCC[C@]2(C(=O)O)C1. The van der Waals surface area contributed by atoms with Crippen LogP contribution in [0.4, 0.5) is 4.39 Å². The third-order valence-electron chi connectivity index (χ3n) is 4.66. The van der Waals surface area contributed by atoms with E-state index in [0.29, 0.717) is 31.9 Å². The molecule has 6 nitrogen and oxygen atoms in total. The lowest BCUT2D eigenvalue weighted by Crippen LogP contribution is -2.45. The van der Waals surface area contributed by atoms with Gasteiger partial charge in [0, 0.05) is 25.6 Å². The van der Waals surface area contributed by atoms with Crippen LogP contribution in [-0.2, 0) is 14.3 Å². The van der Waals surface area contributed by atoms with E-state index in [0.717, 1.165) is 0 Å². The number of carboxylic acid groups (broad SMARTS) is 1. The van der Waals surface area contributed by atoms with Gasteiger partial charge >= 0.3 is 5.97 Å². The van der Waals surface area contributed by atoms with Crippen LogP contribution < -0.4 is 4.74 Å². The molecule has 3 rings (SSSR count). The summed E-state index contributed by atoms with van der Waals surface area (Å²) < 4.78 is 23.5. The van der Waals surface area contributed by atoms with Crippen LogP contribution >= 0.6 is 0 Å². The first-order chi connectivity index (χ1) is 11.0. The van der Waals surface area contributed by atoms with Gasteiger partial charge in [-0.15, -0.1) is 0 Å². The zero-order valence-corrected chi connectivity index (χ0v) is 12.5. The number of halogens is 1. The maximum absolute atomic E-state index is 12.8. The number of carbonyl (C=O) groups is 2. The second-order valence-electron chi connectivity index (χ2n) is 6.00. The molecule has 2 saturated heterocycles. The number of nitrogens with zero attached hydrogens (tertiary/aromatic N) is 1. The van der Waals surface area contributed by atoms with Crippen LogP contribution in [0.3, 0.4) is 0 Å². The van der Waals surface area contributed by atoms with Crippen LogP contribution in [0, 0.1) is 17.2 Å². The lowest BCUT2D eigenvalue weighted by atomic mass is 9.74. The zero-order chi connectivity index (χ0) is 16.4. The fourth-order valence-electron chi connectivity index (χ4n) is 3.26. The highest BCUT2D eigenvalue weighted by Gasteiger charge is 2.54. The lowest BCUT2D eigenvalue weighted by Gasteiger charge is -2.33. The summed E-state index contributed by atoms with van der Waals surface area (Å²) in [7, 11) is 0. The summed E-state index contributed by atoms with van der Waals surface area (Å²) in [4.78, 5) is 25.5. The van der Waals surface area contributed by atoms with Crippen molar-refractivity contribution in [3.8, 4) is 5.75 Å². The number of likely N-dealkylation sites (tertiary alicyclic amines) is 1. The van der Waals surface area contributed by atoms with Crippen molar-refractivity contribution in [2.75, 3.05) is 32.9 Å². The molecule has 2 aliphatic heterocycles. The highest BCUT2D eigenvalue weighted by molar-refractivity contribution is 5.82. The van der Waals surface area contributed by atoms with Gasteiger partial charge in [0.1, 0.15) is 11.6 Å². The van der Waals surface area contributed by atoms with Crippen LogP contribution in [0.1, 0.15) is 6.42 Å². The number of amides is 1. The van der Waals surface area contributed by atoms with Crippen molar-refractivity contribution < 1.29 is 28.6 Å². The summed E-state index contributed by atoms with van der Waals surface area (Å²) >= 11 is 0. The Bertz CT molecular complexity index is 605. The highest BCUT2D eigenvalue weighted by Crippen LogP contribution is 2.42. The van der Waals surface area contributed by atoms with E-state index in [1.165, 1.54) is 29.2 Å². The molecule has 0 radical (unpaired) electrons. The van der Waals surface area contributed by atoms with Gasteiger partial charge in [-0.05, 0) is 30.7 Å². The molecule has 0 saturated carbocycles. The van der Waals surface area contributed by atoms with Gasteiger partial charge in [0.25, 0.3) is 5.91 Å². The molecule has 23 heavy (non-hydrogen) atoms. The molecule has 2 heterocycles. The van der Waals surface area contributed by atoms with E-state index in [4.69, 9.17) is 9.47 Å². The molecule has 124 valence electrons. The van der Waals surface area contributed by atoms with Crippen LogP contribution in [0.5, 0.6) is 5.75 Å². The molecule has 7 heteroatoms. The van der Waals surface area contributed by atoms with Gasteiger partial charge in [0.15, 0.2) is 6.61 Å². The van der Waals surface area contributed by atoms with Crippen molar-refractivity contribution in [3.63, 3.8) is 0 Å². The van der Waals surface area contributed by atoms with Crippen LogP contribution in [0.2, 0.25) is 0 Å². The minimum atomic E-state index is -0.913. The molecule has 2 fully saturated rings. The fourth-order valence-corrected chi connectivity index (χ4v) is 3.26. The van der Waals surface area contributed by atoms with Gasteiger partial charge in [0.2, 0.25) is 0 Å². The first-order valence-electron chi connectivity index (χ1n) is 7.48. The second-order valence-corrected chi connectivity index (χ2v) is 6.00. The molecule has 1 aromatic carbocycles. The molecular formula is C16H18FNO5. The van der Waals surface area contributed by atoms with Gasteiger partial charge in [-0.2, -0.15) is 0 Å². The van der Waals surface area contributed by atoms with Crippen molar-refractivity contribution in [1.82, 2.24) is 4.90 Å². The van der Waals surface area contributed by atoms with E-state index in [1.54, 1.807) is 0 Å². The Balaban J connectivity index is 1.62. The number of hydrogen-bond acceptors (Lipinski definition) is 4. The Labute approximate surface area is 132 Å². The van der Waals surface area contributed by atoms with E-state index in [9.17, 15) is 19.1 Å². The maximum atomic E-state index is 12.8. The second kappa shape index (κ2) is 6.16. The Kier molecular flexibility index (Phi) is 4.21. The Morgan fingerprint density at radius 3 is 2.78 bits per heavy atom. The third kappa shape index (κ3) is 3.01. The molecule has 0 aliphatic carbocycles. The molecule has 2 aliphatic rings. The van der Waals surface area contributed by atoms with Crippen molar-refractivity contribution in [2.45, 2.75) is 6.42 Å². The number of carbonyl (C=O) groups excluding carboxylic acids is 1. The van der Waals surface area contributed by atoms with Gasteiger partial charge < -0.3 is 19.5 Å². The molecule has 0 aromatic heterocycles. The number of fused-ring (bicyclic) bond motifs is 1. The Morgan fingerprint density at radius 1 is 1.39 bits per heavy atom. The predicted molar refractivity (Wildman–Crippen MR) is 77.5 cm³/mol. The topological polar surface area (TPSA) is 76.1 Å². The molecule has 2 atom stereocenters. The van der Waals surface area contributed by atoms with Crippen LogP contribution in [-0.4, -0.2) is 54.8 Å². The molecule has 1 amide bonds. The van der Waals surface area contributed by atoms with Gasteiger partial charge in [-0.3, -0.25) is 9.59 Å². The molecule has 0 bridgehead atoms. The summed E-state index contributed by atoms with van der Waals surface area (Å²) in [6, 6.07) is 5.39. The minimum absolute atomic E-state index is 0.183. The molecule has 0 unspecified atom stereocenters. The number of benzene rings is 1. The normalized spacial score (nSPS) is 26.7. The minimum Gasteiger partial charge on any atom is -0.484 e. The quantitative estimate of drug-likeness (QED) is 0.900. The summed E-state index contributed by atoms with van der Waals surface area (Å²) in [5, 5.41) is 9.57. The summed E-state index contributed by atoms with van der Waals surface area (Å²) in [6.07, 6.45) is 0.412. The third-order valence-corrected chi connectivity index (χ3v) is 4.66. The van der Waals surface area contributed by atoms with Gasteiger partial charge in [0.05, 0.1) is 12.0 Å². The molecular weight excluding hydrogens is 305 g/mol. The molecule has 0 spiro atoms. The number of rotatable bonds is 4. The number of ether oxygens (including phenoxy) is 2. The number of hydrogen-bond donors (Lipinski definition) is 1. The van der Waals surface area contributed by atoms with E-state index in [2.05, 4.69) is 0 Å². The number of carboxylic acids is 1. The van der Waals surface area contributed by atoms with E-state index in [-0.39, 0.29) is 30.8 Å². The monoisotopic (exact) mass is 323 g/mol. The largest absolute Gasteiger partial charge is 0.484 e. The Hall–Kier alpha value is -2.15. The Morgan fingerprint density at radius 2 is 2.13 bits per heavy atom. The molecule has 1 aromatic rings. The predicted octanol–water partition coefficient (Wildman–Crippen LogP) is 1.15. The average Bonchev–Trinajstić information content (AvgIpc) is 2.95. The van der Waals surface area contributed by atoms with E-state index in [1.807, 2.05) is 0 Å². The molecule has 1 N–H and O–H groups in total. The van der Waals surface area contributed by atoms with Crippen LogP contribution in [0.25, 0.3) is 0 Å². The van der Waals surface area contributed by atoms with Gasteiger partial charge in [-0.25, -0.2) is 4.39 Å². The zero-order valence-electron chi connectivity index (χ0n) is 12.5. The summed E-state index contributed by atoms with van der Waals surface area (Å²) in [6.45, 7) is 1.10. The number of aliphatic carboxylic acids is 1. The van der Waals surface area contributed by atoms with E-state index >= 15 is 0 Å². The first-order valence-corrected chi connectivity index (χ1v) is 7.48. The maximum Gasteiger partial charge on any atom is 0.311 e. The van der Waals surface area contributed by atoms with Crippen molar-refractivity contribution in [2.24, 2.45) is 11.3 Å². The lowest BCUT2D eigenvalue weighted by molar-refractivity contribution is -0.157. The standard InChI is InChI=1S/C16H18FNO5/c17-12-1-3-13(4-2-12)23-9-14(19)18-7-11-8-22-6-5-16(11,10-18)15(20)21/h1-4,11H,5-10H2,(H,20,21)/t11-,16+/m1/s1. The van der Waals surface area contributed by atoms with Crippen molar-refractivity contribution >= 4 is 11.9 Å². The van der Waals surface area contributed by atoms with Gasteiger partial charge in [-0.1, -0.05) is 0 Å². The van der Waals surface area contributed by atoms with E-state index < -0.39 is 11.4 Å². The van der Waals surface area contributed by atoms with Crippen molar-refractivity contribution in [3.05, 3.63) is 30.1 Å². The fraction of sp³-hybridized carbons (Fsp3) is 0.500. The first kappa shape index (κ1) is 15.7. The van der Waals surface area contributed by atoms with Crippen molar-refractivity contribution in [1.29, 1.82) is 0 Å². The summed E-state index contributed by atoms with van der Waals surface area (Å²) in [5.41, 5.74) is -0.913. The summed E-state index contributed by atoms with van der Waals surface area (Å²) in [5.74, 6) is -1.32. The highest BCUT2D eigenvalue weighted by atomic mass is 19.1.